The first-order valence-corrected chi connectivity index (χ1v) is 10.5. The van der Waals surface area contributed by atoms with Gasteiger partial charge in [-0.2, -0.15) is 13.2 Å². The van der Waals surface area contributed by atoms with Crippen LogP contribution in [0.2, 0.25) is 0 Å². The number of carbonyl (C=O) groups is 1. The van der Waals surface area contributed by atoms with Gasteiger partial charge in [0.1, 0.15) is 18.2 Å². The van der Waals surface area contributed by atoms with Crippen molar-refractivity contribution in [3.05, 3.63) is 108 Å². The van der Waals surface area contributed by atoms with Gasteiger partial charge in [-0.05, 0) is 58.7 Å². The van der Waals surface area contributed by atoms with Crippen molar-refractivity contribution < 1.29 is 32.2 Å². The van der Waals surface area contributed by atoms with Gasteiger partial charge < -0.3 is 9.84 Å². The number of hydrogen-bond donors (Lipinski definition) is 1. The minimum absolute atomic E-state index is 0.00654. The van der Waals surface area contributed by atoms with E-state index < -0.39 is 23.5 Å². The molecule has 0 radical (unpaired) electrons. The smallest absolute Gasteiger partial charge is 0.417 e. The van der Waals surface area contributed by atoms with E-state index in [1.54, 1.807) is 30.5 Å². The van der Waals surface area contributed by atoms with Crippen LogP contribution >= 0.6 is 0 Å². The third kappa shape index (κ3) is 5.84. The second-order valence-electron chi connectivity index (χ2n) is 7.83. The number of ether oxygens (including phenoxy) is 1. The first kappa shape index (κ1) is 23.9. The van der Waals surface area contributed by atoms with Crippen LogP contribution in [-0.4, -0.2) is 16.1 Å². The number of nitrogens with zero attached hydrogens (tertiary/aromatic N) is 1. The van der Waals surface area contributed by atoms with E-state index in [0.717, 1.165) is 17.7 Å². The first-order valence-electron chi connectivity index (χ1n) is 10.5. The zero-order valence-electron chi connectivity index (χ0n) is 18.2. The highest BCUT2D eigenvalue weighted by molar-refractivity contribution is 5.72. The predicted octanol–water partition coefficient (Wildman–Crippen LogP) is 6.78. The monoisotopic (exact) mass is 481 g/mol. The molecule has 4 nitrogen and oxygen atoms in total. The van der Waals surface area contributed by atoms with Crippen molar-refractivity contribution in [2.24, 2.45) is 0 Å². The Kier molecular flexibility index (Phi) is 6.82. The second-order valence-corrected chi connectivity index (χ2v) is 7.83. The molecule has 0 aliphatic heterocycles. The molecule has 0 spiro atoms. The lowest BCUT2D eigenvalue weighted by molar-refractivity contribution is -0.137. The van der Waals surface area contributed by atoms with Gasteiger partial charge in [-0.25, -0.2) is 4.39 Å². The second kappa shape index (κ2) is 9.97. The first-order chi connectivity index (χ1) is 16.7. The highest BCUT2D eigenvalue weighted by Crippen LogP contribution is 2.40. The summed E-state index contributed by atoms with van der Waals surface area (Å²) < 4.78 is 61.0. The molecule has 1 heterocycles. The fourth-order valence-electron chi connectivity index (χ4n) is 3.69. The van der Waals surface area contributed by atoms with Gasteiger partial charge in [-0.1, -0.05) is 36.4 Å². The third-order valence-electron chi connectivity index (χ3n) is 5.28. The fraction of sp³-hybridized carbons (Fsp3) is 0.111. The Morgan fingerprint density at radius 3 is 2.37 bits per heavy atom. The number of alkyl halides is 3. The SMILES string of the molecule is O=C(O)Cc1cncc(-c2cccc(COc3ccc(-c4ccccc4F)c(C(F)(F)F)c3)c2)c1. The summed E-state index contributed by atoms with van der Waals surface area (Å²) >= 11 is 0. The Balaban J connectivity index is 1.57. The van der Waals surface area contributed by atoms with Crippen LogP contribution in [0.15, 0.2) is 85.2 Å². The summed E-state index contributed by atoms with van der Waals surface area (Å²) in [5, 5.41) is 8.98. The van der Waals surface area contributed by atoms with Crippen LogP contribution in [-0.2, 0) is 24.0 Å². The molecule has 8 heteroatoms. The van der Waals surface area contributed by atoms with Gasteiger partial charge in [0.15, 0.2) is 0 Å². The molecule has 178 valence electrons. The lowest BCUT2D eigenvalue weighted by Gasteiger charge is -2.16. The molecule has 0 atom stereocenters. The summed E-state index contributed by atoms with van der Waals surface area (Å²) in [4.78, 5) is 15.0. The van der Waals surface area contributed by atoms with Crippen LogP contribution in [0.3, 0.4) is 0 Å². The van der Waals surface area contributed by atoms with Crippen LogP contribution in [0.4, 0.5) is 17.6 Å². The largest absolute Gasteiger partial charge is 0.489 e. The fourth-order valence-corrected chi connectivity index (χ4v) is 3.69. The van der Waals surface area contributed by atoms with Crippen molar-refractivity contribution in [1.29, 1.82) is 0 Å². The molecule has 1 N–H and O–H groups in total. The molecule has 4 aromatic rings. The quantitative estimate of drug-likeness (QED) is 0.296. The molecule has 0 saturated carbocycles. The van der Waals surface area contributed by atoms with Gasteiger partial charge in [0.25, 0.3) is 0 Å². The van der Waals surface area contributed by atoms with E-state index in [1.165, 1.54) is 36.5 Å². The van der Waals surface area contributed by atoms with Crippen molar-refractivity contribution in [2.45, 2.75) is 19.2 Å². The van der Waals surface area contributed by atoms with E-state index in [9.17, 15) is 22.4 Å². The Hall–Kier alpha value is -4.20. The molecule has 0 bridgehead atoms. The van der Waals surface area contributed by atoms with Gasteiger partial charge >= 0.3 is 12.1 Å². The summed E-state index contributed by atoms with van der Waals surface area (Å²) in [5.74, 6) is -1.72. The molecule has 35 heavy (non-hydrogen) atoms. The van der Waals surface area contributed by atoms with Gasteiger partial charge in [-0.3, -0.25) is 9.78 Å². The molecule has 0 saturated heterocycles. The highest BCUT2D eigenvalue weighted by atomic mass is 19.4. The van der Waals surface area contributed by atoms with Gasteiger partial charge in [0.05, 0.1) is 12.0 Å². The van der Waals surface area contributed by atoms with E-state index in [2.05, 4.69) is 4.98 Å². The maximum absolute atomic E-state index is 14.1. The number of carboxylic acid groups (broad SMARTS) is 1. The predicted molar refractivity (Wildman–Crippen MR) is 122 cm³/mol. The number of benzene rings is 3. The average molecular weight is 481 g/mol. The maximum atomic E-state index is 14.1. The van der Waals surface area contributed by atoms with Crippen molar-refractivity contribution in [2.75, 3.05) is 0 Å². The van der Waals surface area contributed by atoms with Crippen molar-refractivity contribution in [1.82, 2.24) is 4.98 Å². The van der Waals surface area contributed by atoms with E-state index >= 15 is 0 Å². The lowest BCUT2D eigenvalue weighted by Crippen LogP contribution is -2.08. The normalized spacial score (nSPS) is 11.3. The Morgan fingerprint density at radius 1 is 0.857 bits per heavy atom. The zero-order chi connectivity index (χ0) is 25.0. The highest BCUT2D eigenvalue weighted by Gasteiger charge is 2.34. The van der Waals surface area contributed by atoms with Gasteiger partial charge in [0.2, 0.25) is 0 Å². The number of hydrogen-bond acceptors (Lipinski definition) is 3. The standard InChI is InChI=1S/C27H19F4NO3/c28-25-7-2-1-6-23(25)22-9-8-21(13-24(22)27(29,30)31)35-16-17-4-3-5-19(10-17)20-11-18(12-26(33)34)14-32-15-20/h1-11,13-15H,12,16H2,(H,33,34). The molecule has 0 unspecified atom stereocenters. The number of aliphatic carboxylic acids is 1. The van der Waals surface area contributed by atoms with Crippen LogP contribution in [0.25, 0.3) is 22.3 Å². The molecule has 1 aromatic heterocycles. The summed E-state index contributed by atoms with van der Waals surface area (Å²) in [7, 11) is 0. The molecule has 3 aromatic carbocycles. The minimum Gasteiger partial charge on any atom is -0.489 e. The van der Waals surface area contributed by atoms with E-state index in [0.29, 0.717) is 16.7 Å². The van der Waals surface area contributed by atoms with Gasteiger partial charge in [-0.15, -0.1) is 0 Å². The summed E-state index contributed by atoms with van der Waals surface area (Å²) in [6, 6.07) is 17.6. The molecule has 0 fully saturated rings. The summed E-state index contributed by atoms with van der Waals surface area (Å²) in [6.07, 6.45) is -1.78. The van der Waals surface area contributed by atoms with Crippen LogP contribution < -0.4 is 4.74 Å². The van der Waals surface area contributed by atoms with Crippen molar-refractivity contribution in [3.63, 3.8) is 0 Å². The summed E-state index contributed by atoms with van der Waals surface area (Å²) in [6.45, 7) is -0.00751. The van der Waals surface area contributed by atoms with Crippen LogP contribution in [0.1, 0.15) is 16.7 Å². The van der Waals surface area contributed by atoms with Crippen LogP contribution in [0, 0.1) is 5.82 Å². The van der Waals surface area contributed by atoms with E-state index in [4.69, 9.17) is 9.84 Å². The Morgan fingerprint density at radius 2 is 1.63 bits per heavy atom. The summed E-state index contributed by atoms with van der Waals surface area (Å²) in [5.41, 5.74) is 1.31. The molecule has 0 amide bonds. The number of carboxylic acids is 1. The van der Waals surface area contributed by atoms with E-state index in [1.807, 2.05) is 6.07 Å². The van der Waals surface area contributed by atoms with Crippen LogP contribution in [0.5, 0.6) is 5.75 Å². The lowest BCUT2D eigenvalue weighted by atomic mass is 9.98. The molecular weight excluding hydrogens is 462 g/mol. The number of pyridine rings is 1. The number of halogens is 4. The maximum Gasteiger partial charge on any atom is 0.417 e. The Labute approximate surface area is 198 Å². The molecule has 0 aliphatic rings. The number of rotatable bonds is 7. The Bertz CT molecular complexity index is 1370. The zero-order valence-corrected chi connectivity index (χ0v) is 18.2. The molecular formula is C27H19F4NO3. The average Bonchev–Trinajstić information content (AvgIpc) is 2.82. The number of aromatic nitrogens is 1. The van der Waals surface area contributed by atoms with E-state index in [-0.39, 0.29) is 29.9 Å². The van der Waals surface area contributed by atoms with Gasteiger partial charge in [0, 0.05) is 23.5 Å². The molecule has 0 aliphatic carbocycles. The molecule has 4 rings (SSSR count). The van der Waals surface area contributed by atoms with Crippen molar-refractivity contribution in [3.8, 4) is 28.0 Å². The minimum atomic E-state index is -4.70. The third-order valence-corrected chi connectivity index (χ3v) is 5.28. The van der Waals surface area contributed by atoms with Crippen molar-refractivity contribution >= 4 is 5.97 Å². The topological polar surface area (TPSA) is 59.4 Å².